The van der Waals surface area contributed by atoms with Gasteiger partial charge in [0.1, 0.15) is 11.6 Å². The van der Waals surface area contributed by atoms with Crippen LogP contribution in [0, 0.1) is 5.82 Å². The van der Waals surface area contributed by atoms with E-state index in [1.807, 2.05) is 0 Å². The Balaban J connectivity index is 1.94. The Kier molecular flexibility index (Phi) is 5.47. The number of nitrogens with one attached hydrogen (secondary N) is 1. The minimum Gasteiger partial charge on any atom is -0.439 e. The highest BCUT2D eigenvalue weighted by Gasteiger charge is 2.15. The molecule has 1 amide bonds. The second-order valence-corrected chi connectivity index (χ2v) is 7.10. The predicted molar refractivity (Wildman–Crippen MR) is 86.8 cm³/mol. The lowest BCUT2D eigenvalue weighted by Crippen LogP contribution is -2.34. The summed E-state index contributed by atoms with van der Waals surface area (Å²) >= 11 is 0. The number of hydrogen-bond donors (Lipinski definition) is 1. The van der Waals surface area contributed by atoms with Gasteiger partial charge in [0.15, 0.2) is 0 Å². The SMILES string of the molecule is CN(CC(=O)Nc1ccc(Oc2ccc(F)cc2)nc1)S(C)(=O)=O. The molecule has 0 aliphatic rings. The normalized spacial score (nSPS) is 11.3. The number of halogens is 1. The monoisotopic (exact) mass is 353 g/mol. The van der Waals surface area contributed by atoms with Crippen LogP contribution in [0.25, 0.3) is 0 Å². The van der Waals surface area contributed by atoms with Crippen molar-refractivity contribution in [1.29, 1.82) is 0 Å². The number of amides is 1. The number of anilines is 1. The van der Waals surface area contributed by atoms with E-state index in [9.17, 15) is 17.6 Å². The summed E-state index contributed by atoms with van der Waals surface area (Å²) in [5, 5.41) is 2.53. The van der Waals surface area contributed by atoms with Crippen LogP contribution < -0.4 is 10.1 Å². The molecule has 9 heteroatoms. The molecule has 1 N–H and O–H groups in total. The molecule has 0 saturated carbocycles. The van der Waals surface area contributed by atoms with Crippen LogP contribution in [0.2, 0.25) is 0 Å². The fourth-order valence-corrected chi connectivity index (χ4v) is 2.01. The average molecular weight is 353 g/mol. The summed E-state index contributed by atoms with van der Waals surface area (Å²) in [6.07, 6.45) is 2.39. The summed E-state index contributed by atoms with van der Waals surface area (Å²) in [5.41, 5.74) is 0.397. The fourth-order valence-electron chi connectivity index (χ4n) is 1.66. The molecular formula is C15H16FN3O4S. The third-order valence-electron chi connectivity index (χ3n) is 2.99. The molecule has 7 nitrogen and oxygen atoms in total. The van der Waals surface area contributed by atoms with E-state index in [-0.39, 0.29) is 18.2 Å². The second kappa shape index (κ2) is 7.37. The van der Waals surface area contributed by atoms with Gasteiger partial charge in [-0.05, 0) is 30.3 Å². The van der Waals surface area contributed by atoms with Gasteiger partial charge in [0.2, 0.25) is 21.8 Å². The summed E-state index contributed by atoms with van der Waals surface area (Å²) in [7, 11) is -2.11. The molecule has 0 fully saturated rings. The molecule has 0 aliphatic heterocycles. The van der Waals surface area contributed by atoms with E-state index in [1.165, 1.54) is 43.6 Å². The molecule has 24 heavy (non-hydrogen) atoms. The molecule has 0 saturated heterocycles. The third kappa shape index (κ3) is 5.28. The molecule has 2 rings (SSSR count). The van der Waals surface area contributed by atoms with Gasteiger partial charge in [-0.3, -0.25) is 4.79 Å². The van der Waals surface area contributed by atoms with Gasteiger partial charge in [-0.15, -0.1) is 0 Å². The predicted octanol–water partition coefficient (Wildman–Crippen LogP) is 1.84. The Morgan fingerprint density at radius 2 is 1.92 bits per heavy atom. The molecule has 0 bridgehead atoms. The lowest BCUT2D eigenvalue weighted by atomic mass is 10.3. The number of ether oxygens (including phenoxy) is 1. The Labute approximate surface area is 139 Å². The summed E-state index contributed by atoms with van der Waals surface area (Å²) in [6, 6.07) is 8.55. The van der Waals surface area contributed by atoms with Gasteiger partial charge in [-0.25, -0.2) is 17.8 Å². The van der Waals surface area contributed by atoms with E-state index >= 15 is 0 Å². The van der Waals surface area contributed by atoms with Gasteiger partial charge >= 0.3 is 0 Å². The topological polar surface area (TPSA) is 88.6 Å². The highest BCUT2D eigenvalue weighted by atomic mass is 32.2. The number of hydrogen-bond acceptors (Lipinski definition) is 5. The number of sulfonamides is 1. The second-order valence-electron chi connectivity index (χ2n) is 5.01. The summed E-state index contributed by atoms with van der Waals surface area (Å²) in [5.74, 6) is -0.160. The molecular weight excluding hydrogens is 337 g/mol. The Morgan fingerprint density at radius 3 is 2.46 bits per heavy atom. The molecule has 0 spiro atoms. The molecule has 0 atom stereocenters. The van der Waals surface area contributed by atoms with E-state index in [4.69, 9.17) is 4.74 Å². The van der Waals surface area contributed by atoms with Crippen molar-refractivity contribution in [3.8, 4) is 11.6 Å². The van der Waals surface area contributed by atoms with E-state index < -0.39 is 15.9 Å². The van der Waals surface area contributed by atoms with Gasteiger partial charge in [-0.2, -0.15) is 4.31 Å². The molecule has 0 radical (unpaired) electrons. The van der Waals surface area contributed by atoms with E-state index in [2.05, 4.69) is 10.3 Å². The van der Waals surface area contributed by atoms with Crippen LogP contribution in [0.4, 0.5) is 10.1 Å². The fraction of sp³-hybridized carbons (Fsp3) is 0.200. The molecule has 1 aromatic carbocycles. The number of pyridine rings is 1. The van der Waals surface area contributed by atoms with E-state index in [0.717, 1.165) is 10.6 Å². The Bertz CT molecular complexity index is 808. The summed E-state index contributed by atoms with van der Waals surface area (Å²) < 4.78 is 41.7. The maximum atomic E-state index is 12.8. The first-order chi connectivity index (χ1) is 11.2. The minimum atomic E-state index is -3.42. The first kappa shape index (κ1) is 17.8. The van der Waals surface area contributed by atoms with Crippen LogP contribution >= 0.6 is 0 Å². The Hall–Kier alpha value is -2.52. The molecule has 0 aliphatic carbocycles. The maximum absolute atomic E-state index is 12.8. The molecule has 2 aromatic rings. The van der Waals surface area contributed by atoms with Crippen molar-refractivity contribution in [3.05, 3.63) is 48.4 Å². The zero-order chi connectivity index (χ0) is 17.7. The molecule has 1 aromatic heterocycles. The van der Waals surface area contributed by atoms with Crippen LogP contribution in [0.1, 0.15) is 0 Å². The molecule has 128 valence electrons. The van der Waals surface area contributed by atoms with Crippen LogP contribution in [-0.2, 0) is 14.8 Å². The number of nitrogens with zero attached hydrogens (tertiary/aromatic N) is 2. The van der Waals surface area contributed by atoms with Crippen LogP contribution in [-0.4, -0.2) is 43.5 Å². The number of rotatable bonds is 6. The highest BCUT2D eigenvalue weighted by Crippen LogP contribution is 2.20. The van der Waals surface area contributed by atoms with Crippen LogP contribution in [0.15, 0.2) is 42.6 Å². The van der Waals surface area contributed by atoms with E-state index in [1.54, 1.807) is 6.07 Å². The van der Waals surface area contributed by atoms with Crippen LogP contribution in [0.3, 0.4) is 0 Å². The molecule has 0 unspecified atom stereocenters. The standard InChI is InChI=1S/C15H16FN3O4S/c1-19(24(2,21)22)10-14(20)18-12-5-8-15(17-9-12)23-13-6-3-11(16)4-7-13/h3-9H,10H2,1-2H3,(H,18,20). The van der Waals surface area contributed by atoms with Gasteiger partial charge in [0.25, 0.3) is 0 Å². The highest BCUT2D eigenvalue weighted by molar-refractivity contribution is 7.88. The van der Waals surface area contributed by atoms with Crippen LogP contribution in [0.5, 0.6) is 11.6 Å². The van der Waals surface area contributed by atoms with Gasteiger partial charge in [0.05, 0.1) is 24.7 Å². The first-order valence-electron chi connectivity index (χ1n) is 6.85. The van der Waals surface area contributed by atoms with Crippen molar-refractivity contribution in [1.82, 2.24) is 9.29 Å². The summed E-state index contributed by atoms with van der Waals surface area (Å²) in [6.45, 7) is -0.299. The average Bonchev–Trinajstić information content (AvgIpc) is 2.50. The van der Waals surface area contributed by atoms with Gasteiger partial charge in [-0.1, -0.05) is 0 Å². The van der Waals surface area contributed by atoms with Gasteiger partial charge < -0.3 is 10.1 Å². The van der Waals surface area contributed by atoms with Crippen molar-refractivity contribution >= 4 is 21.6 Å². The minimum absolute atomic E-state index is 0.271. The number of aromatic nitrogens is 1. The zero-order valence-electron chi connectivity index (χ0n) is 13.1. The van der Waals surface area contributed by atoms with Crippen molar-refractivity contribution in [3.63, 3.8) is 0 Å². The van der Waals surface area contributed by atoms with Crippen molar-refractivity contribution in [2.45, 2.75) is 0 Å². The third-order valence-corrected chi connectivity index (χ3v) is 4.25. The lowest BCUT2D eigenvalue weighted by molar-refractivity contribution is -0.116. The smallest absolute Gasteiger partial charge is 0.239 e. The first-order valence-corrected chi connectivity index (χ1v) is 8.69. The van der Waals surface area contributed by atoms with Crippen molar-refractivity contribution in [2.24, 2.45) is 0 Å². The number of benzene rings is 1. The van der Waals surface area contributed by atoms with Crippen molar-refractivity contribution in [2.75, 3.05) is 25.2 Å². The molecule has 1 heterocycles. The lowest BCUT2D eigenvalue weighted by Gasteiger charge is -2.13. The number of likely N-dealkylation sites (N-methyl/N-ethyl adjacent to an activating group) is 1. The van der Waals surface area contributed by atoms with Gasteiger partial charge in [0, 0.05) is 13.1 Å². The quantitative estimate of drug-likeness (QED) is 0.856. The maximum Gasteiger partial charge on any atom is 0.239 e. The number of carbonyl (C=O) groups excluding carboxylic acids is 1. The van der Waals surface area contributed by atoms with Crippen molar-refractivity contribution < 1.29 is 22.3 Å². The largest absolute Gasteiger partial charge is 0.439 e. The summed E-state index contributed by atoms with van der Waals surface area (Å²) in [4.78, 5) is 15.8. The number of carbonyl (C=O) groups is 1. The zero-order valence-corrected chi connectivity index (χ0v) is 13.9. The van der Waals surface area contributed by atoms with E-state index in [0.29, 0.717) is 11.4 Å². The Morgan fingerprint density at radius 1 is 1.25 bits per heavy atom.